The molecule has 0 aliphatic heterocycles. The topological polar surface area (TPSA) is 33.1 Å². The molecule has 72 valence electrons. The predicted octanol–water partition coefficient (Wildman–Crippen LogP) is 1.86. The van der Waals surface area contributed by atoms with Crippen molar-refractivity contribution in [2.24, 2.45) is 0 Å². The zero-order valence-electron chi connectivity index (χ0n) is 7.46. The average Bonchev–Trinajstić information content (AvgIpc) is 2.04. The van der Waals surface area contributed by atoms with Gasteiger partial charge in [0, 0.05) is 6.20 Å². The molecule has 0 saturated carbocycles. The Balaban J connectivity index is 3.07. The molecule has 0 aliphatic carbocycles. The highest BCUT2D eigenvalue weighted by Crippen LogP contribution is 2.26. The Kier molecular flexibility index (Phi) is 2.61. The van der Waals surface area contributed by atoms with Gasteiger partial charge in [-0.1, -0.05) is 0 Å². The van der Waals surface area contributed by atoms with E-state index in [1.807, 2.05) is 0 Å². The molecule has 1 aromatic heterocycles. The summed E-state index contributed by atoms with van der Waals surface area (Å²) in [7, 11) is 0. The molecule has 0 saturated heterocycles. The number of aromatic nitrogens is 1. The Labute approximate surface area is 75.2 Å². The Morgan fingerprint density at radius 3 is 2.62 bits per heavy atom. The van der Waals surface area contributed by atoms with Crippen LogP contribution < -0.4 is 0 Å². The van der Waals surface area contributed by atoms with Crippen molar-refractivity contribution in [1.82, 2.24) is 4.98 Å². The number of halogens is 2. The van der Waals surface area contributed by atoms with E-state index < -0.39 is 12.0 Å². The van der Waals surface area contributed by atoms with E-state index in [-0.39, 0.29) is 5.69 Å². The maximum atomic E-state index is 12.3. The molecule has 0 amide bonds. The van der Waals surface area contributed by atoms with Crippen LogP contribution in [0, 0.1) is 6.92 Å². The van der Waals surface area contributed by atoms with Crippen LogP contribution in [0.15, 0.2) is 18.3 Å². The number of nitrogens with zero attached hydrogens (tertiary/aromatic N) is 1. The van der Waals surface area contributed by atoms with E-state index >= 15 is 0 Å². The average molecular weight is 187 g/mol. The number of aliphatic hydroxyl groups is 1. The molecule has 4 heteroatoms. The summed E-state index contributed by atoms with van der Waals surface area (Å²) in [6.07, 6.45) is -1.43. The highest BCUT2D eigenvalue weighted by molar-refractivity contribution is 5.19. The zero-order chi connectivity index (χ0) is 10.1. The SMILES string of the molecule is Cc1ccnc(C(C)(O)C(F)F)c1. The van der Waals surface area contributed by atoms with Gasteiger partial charge in [-0.2, -0.15) is 0 Å². The molecule has 1 atom stereocenters. The van der Waals surface area contributed by atoms with E-state index in [1.165, 1.54) is 12.3 Å². The van der Waals surface area contributed by atoms with Crippen LogP contribution in [0.5, 0.6) is 0 Å². The van der Waals surface area contributed by atoms with Gasteiger partial charge < -0.3 is 5.11 Å². The Bertz CT molecular complexity index is 299. The third-order valence-corrected chi connectivity index (χ3v) is 1.86. The van der Waals surface area contributed by atoms with Crippen molar-refractivity contribution in [3.63, 3.8) is 0 Å². The summed E-state index contributed by atoms with van der Waals surface area (Å²) in [5.74, 6) is 0. The first-order chi connectivity index (χ1) is 5.94. The van der Waals surface area contributed by atoms with Gasteiger partial charge in [-0.15, -0.1) is 0 Å². The summed E-state index contributed by atoms with van der Waals surface area (Å²) in [4.78, 5) is 3.70. The standard InChI is InChI=1S/C9H11F2NO/c1-6-3-4-12-7(5-6)9(2,13)8(10)11/h3-5,8,13H,1-2H3. The number of aryl methyl sites for hydroxylation is 1. The van der Waals surface area contributed by atoms with Crippen LogP contribution in [0.2, 0.25) is 0 Å². The molecule has 0 aliphatic rings. The monoisotopic (exact) mass is 187 g/mol. The van der Waals surface area contributed by atoms with Gasteiger partial charge in [0.1, 0.15) is 0 Å². The molecule has 0 radical (unpaired) electrons. The molecule has 13 heavy (non-hydrogen) atoms. The Hall–Kier alpha value is -1.03. The quantitative estimate of drug-likeness (QED) is 0.766. The second-order valence-electron chi connectivity index (χ2n) is 3.17. The Morgan fingerprint density at radius 1 is 1.54 bits per heavy atom. The zero-order valence-corrected chi connectivity index (χ0v) is 7.46. The summed E-state index contributed by atoms with van der Waals surface area (Å²) >= 11 is 0. The lowest BCUT2D eigenvalue weighted by Crippen LogP contribution is -2.31. The molecule has 1 aromatic rings. The maximum Gasteiger partial charge on any atom is 0.272 e. The van der Waals surface area contributed by atoms with Gasteiger partial charge in [0.2, 0.25) is 0 Å². The summed E-state index contributed by atoms with van der Waals surface area (Å²) in [5, 5.41) is 9.38. The van der Waals surface area contributed by atoms with E-state index in [4.69, 9.17) is 0 Å². The largest absolute Gasteiger partial charge is 0.378 e. The molecule has 0 spiro atoms. The molecule has 1 unspecified atom stereocenters. The number of hydrogen-bond donors (Lipinski definition) is 1. The minimum absolute atomic E-state index is 0.00231. The fraction of sp³-hybridized carbons (Fsp3) is 0.444. The van der Waals surface area contributed by atoms with Crippen molar-refractivity contribution in [3.8, 4) is 0 Å². The van der Waals surface area contributed by atoms with Gasteiger partial charge in [-0.3, -0.25) is 4.98 Å². The molecule has 0 fully saturated rings. The molecular formula is C9H11F2NO. The first kappa shape index (κ1) is 10.1. The molecule has 0 bridgehead atoms. The summed E-state index contributed by atoms with van der Waals surface area (Å²) in [6.45, 7) is 2.81. The lowest BCUT2D eigenvalue weighted by molar-refractivity contribution is -0.0910. The summed E-state index contributed by atoms with van der Waals surface area (Å²) in [6, 6.07) is 3.14. The van der Waals surface area contributed by atoms with Gasteiger partial charge in [0.15, 0.2) is 5.60 Å². The highest BCUT2D eigenvalue weighted by Gasteiger charge is 2.35. The number of alkyl halides is 2. The van der Waals surface area contributed by atoms with Crippen molar-refractivity contribution < 1.29 is 13.9 Å². The van der Waals surface area contributed by atoms with E-state index in [1.54, 1.807) is 13.0 Å². The van der Waals surface area contributed by atoms with Crippen molar-refractivity contribution in [2.45, 2.75) is 25.9 Å². The smallest absolute Gasteiger partial charge is 0.272 e. The molecule has 1 rings (SSSR count). The number of pyridine rings is 1. The first-order valence-electron chi connectivity index (χ1n) is 3.88. The molecule has 1 N–H and O–H groups in total. The van der Waals surface area contributed by atoms with Gasteiger partial charge in [0.25, 0.3) is 6.43 Å². The fourth-order valence-corrected chi connectivity index (χ4v) is 0.925. The second kappa shape index (κ2) is 3.38. The number of hydrogen-bond acceptors (Lipinski definition) is 2. The third-order valence-electron chi connectivity index (χ3n) is 1.86. The number of rotatable bonds is 2. The summed E-state index contributed by atoms with van der Waals surface area (Å²) in [5.41, 5.74) is -1.36. The lowest BCUT2D eigenvalue weighted by Gasteiger charge is -2.21. The summed E-state index contributed by atoms with van der Waals surface area (Å²) < 4.78 is 24.7. The van der Waals surface area contributed by atoms with Crippen molar-refractivity contribution in [1.29, 1.82) is 0 Å². The Morgan fingerprint density at radius 2 is 2.15 bits per heavy atom. The first-order valence-corrected chi connectivity index (χ1v) is 3.88. The third kappa shape index (κ3) is 2.01. The van der Waals surface area contributed by atoms with Crippen LogP contribution in [0.3, 0.4) is 0 Å². The van der Waals surface area contributed by atoms with Crippen LogP contribution in [0.4, 0.5) is 8.78 Å². The van der Waals surface area contributed by atoms with E-state index in [2.05, 4.69) is 4.98 Å². The highest BCUT2D eigenvalue weighted by atomic mass is 19.3. The van der Waals surface area contributed by atoms with Crippen LogP contribution in [0.25, 0.3) is 0 Å². The fourth-order valence-electron chi connectivity index (χ4n) is 0.925. The maximum absolute atomic E-state index is 12.3. The van der Waals surface area contributed by atoms with Gasteiger partial charge >= 0.3 is 0 Å². The van der Waals surface area contributed by atoms with E-state index in [0.29, 0.717) is 0 Å². The van der Waals surface area contributed by atoms with E-state index in [9.17, 15) is 13.9 Å². The van der Waals surface area contributed by atoms with Crippen LogP contribution in [0.1, 0.15) is 18.2 Å². The molecule has 0 aromatic carbocycles. The normalized spacial score (nSPS) is 15.8. The van der Waals surface area contributed by atoms with Crippen LogP contribution in [-0.2, 0) is 5.60 Å². The second-order valence-corrected chi connectivity index (χ2v) is 3.17. The molecule has 2 nitrogen and oxygen atoms in total. The van der Waals surface area contributed by atoms with E-state index in [0.717, 1.165) is 12.5 Å². The molecular weight excluding hydrogens is 176 g/mol. The van der Waals surface area contributed by atoms with Gasteiger partial charge in [0.05, 0.1) is 5.69 Å². The molecule has 1 heterocycles. The predicted molar refractivity (Wildman–Crippen MR) is 44.5 cm³/mol. The van der Waals surface area contributed by atoms with Crippen LogP contribution in [-0.4, -0.2) is 16.5 Å². The lowest BCUT2D eigenvalue weighted by atomic mass is 10.0. The minimum atomic E-state index is -2.83. The van der Waals surface area contributed by atoms with Gasteiger partial charge in [-0.25, -0.2) is 8.78 Å². The van der Waals surface area contributed by atoms with Crippen molar-refractivity contribution >= 4 is 0 Å². The van der Waals surface area contributed by atoms with Crippen molar-refractivity contribution in [2.75, 3.05) is 0 Å². The van der Waals surface area contributed by atoms with Gasteiger partial charge in [-0.05, 0) is 31.5 Å². The minimum Gasteiger partial charge on any atom is -0.378 e. The van der Waals surface area contributed by atoms with Crippen molar-refractivity contribution in [3.05, 3.63) is 29.6 Å². The van der Waals surface area contributed by atoms with Crippen LogP contribution >= 0.6 is 0 Å².